The first-order valence-corrected chi connectivity index (χ1v) is 24.8. The second kappa shape index (κ2) is 13.7. The van der Waals surface area contributed by atoms with Gasteiger partial charge in [0.1, 0.15) is 0 Å². The van der Waals surface area contributed by atoms with Crippen LogP contribution in [0, 0.1) is 0 Å². The van der Waals surface area contributed by atoms with Crippen molar-refractivity contribution in [2.75, 3.05) is 0 Å². The largest absolute Gasteiger partial charge is 0.309 e. The summed E-state index contributed by atoms with van der Waals surface area (Å²) < 4.78 is 10.2. The summed E-state index contributed by atoms with van der Waals surface area (Å²) in [6.07, 6.45) is 0. The Balaban J connectivity index is 1.21. The van der Waals surface area contributed by atoms with Crippen molar-refractivity contribution >= 4 is 98.0 Å². The highest BCUT2D eigenvalue weighted by atomic mass is 15.0. The summed E-state index contributed by atoms with van der Waals surface area (Å²) in [6, 6.07) is 73.2. The first-order valence-electron chi connectivity index (χ1n) is 24.8. The Morgan fingerprint density at radius 1 is 0.300 bits per heavy atom. The Kier molecular flexibility index (Phi) is 7.74. The minimum absolute atomic E-state index is 0.0288. The Morgan fingerprint density at radius 3 is 1.06 bits per heavy atom. The number of para-hydroxylation sites is 2. The van der Waals surface area contributed by atoms with Crippen LogP contribution in [-0.4, -0.2) is 17.9 Å². The van der Waals surface area contributed by atoms with Crippen LogP contribution in [-0.2, 0) is 10.8 Å². The maximum atomic E-state index is 2.59. The quantitative estimate of drug-likeness (QED) is 0.168. The van der Waals surface area contributed by atoms with Gasteiger partial charge in [-0.25, -0.2) is 0 Å². The van der Waals surface area contributed by atoms with Crippen LogP contribution in [0.3, 0.4) is 0 Å². The fraction of sp³-hybridized carbons (Fsp3) is 0.121. The molecule has 0 unspecified atom stereocenters. The molecule has 0 saturated heterocycles. The van der Waals surface area contributed by atoms with E-state index in [1.165, 1.54) is 143 Å². The summed E-state index contributed by atoms with van der Waals surface area (Å²) in [6.45, 7) is 14.0. The van der Waals surface area contributed by atoms with Crippen molar-refractivity contribution in [3.8, 4) is 33.9 Å². The molecule has 0 radical (unpaired) electrons. The van der Waals surface area contributed by atoms with Crippen LogP contribution in [0.15, 0.2) is 194 Å². The van der Waals surface area contributed by atoms with Crippen molar-refractivity contribution in [2.24, 2.45) is 0 Å². The third kappa shape index (κ3) is 5.25. The van der Waals surface area contributed by atoms with Crippen molar-refractivity contribution in [1.82, 2.24) is 17.9 Å². The van der Waals surface area contributed by atoms with Gasteiger partial charge in [-0.1, -0.05) is 151 Å². The standard InChI is InChI=1S/C66H50N4/c1-65(2,3)43-27-29-51-47(35-43)59-57(67(51)45-23-15-9-16-24-45)33-41-31-53(39-19-11-7-12-20-39)69-55-38-56-50(37-49(55)61(59)63(41)69)62-60-48-36-44(66(4,5)6)28-30-52(48)68(46-25-17-10-18-26-46)58(60)34-42-32-54(70(56)64(42)62)40-21-13-8-14-22-40/h7-38H,1-6H3. The van der Waals surface area contributed by atoms with E-state index in [-0.39, 0.29) is 10.8 Å². The molecule has 0 aliphatic carbocycles. The SMILES string of the molecule is CC(C)(C)c1ccc2c(c1)c1c3c4cc5c6c7c8cc(C(C)(C)C)ccc8n(-c8ccccc8)c7cc7cc(-c8ccccc8)n(c5cc4n4c(-c5ccccc5)cc(cc1n2-c1ccccc1)c34)c76. The minimum Gasteiger partial charge on any atom is -0.309 e. The molecule has 4 nitrogen and oxygen atoms in total. The summed E-state index contributed by atoms with van der Waals surface area (Å²) in [5, 5.41) is 12.8. The maximum absolute atomic E-state index is 2.59. The van der Waals surface area contributed by atoms with E-state index >= 15 is 0 Å². The molecule has 334 valence electrons. The van der Waals surface area contributed by atoms with Crippen molar-refractivity contribution in [1.29, 1.82) is 0 Å². The highest BCUT2D eigenvalue weighted by Gasteiger charge is 2.30. The summed E-state index contributed by atoms with van der Waals surface area (Å²) in [5.41, 5.74) is 19.6. The van der Waals surface area contributed by atoms with E-state index in [0.717, 1.165) is 0 Å². The summed E-state index contributed by atoms with van der Waals surface area (Å²) in [7, 11) is 0. The number of benzene rings is 9. The van der Waals surface area contributed by atoms with Crippen molar-refractivity contribution in [3.63, 3.8) is 0 Å². The molecule has 70 heavy (non-hydrogen) atoms. The smallest absolute Gasteiger partial charge is 0.0622 e. The van der Waals surface area contributed by atoms with Crippen LogP contribution in [0.4, 0.5) is 0 Å². The molecular weight excluding hydrogens is 849 g/mol. The molecule has 0 aliphatic heterocycles. The van der Waals surface area contributed by atoms with E-state index in [4.69, 9.17) is 0 Å². The molecule has 0 amide bonds. The third-order valence-electron chi connectivity index (χ3n) is 15.7. The van der Waals surface area contributed by atoms with Crippen molar-refractivity contribution in [2.45, 2.75) is 52.4 Å². The highest BCUT2D eigenvalue weighted by molar-refractivity contribution is 6.37. The van der Waals surface area contributed by atoms with Gasteiger partial charge in [0.05, 0.1) is 55.5 Å². The van der Waals surface area contributed by atoms with Crippen LogP contribution in [0.1, 0.15) is 52.7 Å². The number of rotatable bonds is 4. The molecule has 0 atom stereocenters. The zero-order chi connectivity index (χ0) is 46.9. The molecule has 6 aromatic heterocycles. The highest BCUT2D eigenvalue weighted by Crippen LogP contribution is 2.51. The Labute approximate surface area is 405 Å². The van der Waals surface area contributed by atoms with Gasteiger partial charge in [0.2, 0.25) is 0 Å². The topological polar surface area (TPSA) is 18.7 Å². The molecule has 4 heteroatoms. The first kappa shape index (κ1) is 39.6. The fourth-order valence-corrected chi connectivity index (χ4v) is 12.4. The molecule has 0 bridgehead atoms. The number of aromatic nitrogens is 4. The Hall–Kier alpha value is -8.34. The first-order chi connectivity index (χ1) is 34.0. The van der Waals surface area contributed by atoms with Crippen molar-refractivity contribution in [3.05, 3.63) is 205 Å². The van der Waals surface area contributed by atoms with Gasteiger partial charge in [0, 0.05) is 65.2 Å². The molecule has 0 aliphatic rings. The molecule has 15 rings (SSSR count). The van der Waals surface area contributed by atoms with E-state index < -0.39 is 0 Å². The Bertz CT molecular complexity index is 4310. The lowest BCUT2D eigenvalue weighted by Crippen LogP contribution is -2.10. The second-order valence-electron chi connectivity index (χ2n) is 21.8. The predicted octanol–water partition coefficient (Wildman–Crippen LogP) is 17.8. The lowest BCUT2D eigenvalue weighted by atomic mass is 9.86. The average Bonchev–Trinajstić information content (AvgIpc) is 4.22. The normalized spacial score (nSPS) is 13.0. The number of fused-ring (bicyclic) bond motifs is 14. The number of hydrogen-bond acceptors (Lipinski definition) is 0. The van der Waals surface area contributed by atoms with Gasteiger partial charge in [-0.2, -0.15) is 0 Å². The van der Waals surface area contributed by atoms with Crippen LogP contribution in [0.5, 0.6) is 0 Å². The molecule has 6 heterocycles. The Morgan fingerprint density at radius 2 is 0.671 bits per heavy atom. The van der Waals surface area contributed by atoms with Gasteiger partial charge in [-0.3, -0.25) is 0 Å². The third-order valence-corrected chi connectivity index (χ3v) is 15.7. The van der Waals surface area contributed by atoms with Gasteiger partial charge < -0.3 is 17.9 Å². The zero-order valence-electron chi connectivity index (χ0n) is 40.3. The summed E-state index contributed by atoms with van der Waals surface area (Å²) in [4.78, 5) is 0. The lowest BCUT2D eigenvalue weighted by Gasteiger charge is -2.19. The van der Waals surface area contributed by atoms with E-state index in [9.17, 15) is 0 Å². The van der Waals surface area contributed by atoms with Crippen LogP contribution < -0.4 is 0 Å². The van der Waals surface area contributed by atoms with Crippen molar-refractivity contribution < 1.29 is 0 Å². The number of hydrogen-bond donors (Lipinski definition) is 0. The van der Waals surface area contributed by atoms with Gasteiger partial charge in [-0.15, -0.1) is 0 Å². The summed E-state index contributed by atoms with van der Waals surface area (Å²) in [5.74, 6) is 0. The fourth-order valence-electron chi connectivity index (χ4n) is 12.4. The molecule has 0 N–H and O–H groups in total. The second-order valence-corrected chi connectivity index (χ2v) is 21.8. The van der Waals surface area contributed by atoms with E-state index in [0.29, 0.717) is 0 Å². The van der Waals surface area contributed by atoms with Crippen LogP contribution in [0.2, 0.25) is 0 Å². The lowest BCUT2D eigenvalue weighted by molar-refractivity contribution is 0.591. The monoisotopic (exact) mass is 898 g/mol. The minimum atomic E-state index is -0.0288. The van der Waals surface area contributed by atoms with Gasteiger partial charge in [-0.05, 0) is 118 Å². The van der Waals surface area contributed by atoms with Gasteiger partial charge in [0.15, 0.2) is 0 Å². The molecule has 9 aromatic carbocycles. The molecular formula is C66H50N4. The number of nitrogens with zero attached hydrogens (tertiary/aromatic N) is 4. The van der Waals surface area contributed by atoms with Crippen LogP contribution >= 0.6 is 0 Å². The average molecular weight is 899 g/mol. The molecule has 0 fully saturated rings. The van der Waals surface area contributed by atoms with Gasteiger partial charge in [0.25, 0.3) is 0 Å². The predicted molar refractivity (Wildman–Crippen MR) is 298 cm³/mol. The zero-order valence-corrected chi connectivity index (χ0v) is 40.3. The molecule has 0 spiro atoms. The van der Waals surface area contributed by atoms with E-state index in [1.54, 1.807) is 0 Å². The van der Waals surface area contributed by atoms with Gasteiger partial charge >= 0.3 is 0 Å². The van der Waals surface area contributed by atoms with Crippen LogP contribution in [0.25, 0.3) is 132 Å². The summed E-state index contributed by atoms with van der Waals surface area (Å²) >= 11 is 0. The van der Waals surface area contributed by atoms with E-state index in [1.807, 2.05) is 0 Å². The van der Waals surface area contributed by atoms with E-state index in [2.05, 4.69) is 254 Å². The maximum Gasteiger partial charge on any atom is 0.0622 e. The molecule has 15 aromatic rings. The molecule has 0 saturated carbocycles.